The van der Waals surface area contributed by atoms with Crippen LogP contribution in [0.5, 0.6) is 17.2 Å². The van der Waals surface area contributed by atoms with Crippen LogP contribution in [0.4, 0.5) is 4.39 Å². The van der Waals surface area contributed by atoms with Crippen molar-refractivity contribution in [2.45, 2.75) is 42.8 Å². The molecule has 46 heavy (non-hydrogen) atoms. The molecule has 14 heteroatoms. The van der Waals surface area contributed by atoms with Gasteiger partial charge in [0, 0.05) is 38.5 Å². The van der Waals surface area contributed by atoms with Crippen LogP contribution in [-0.2, 0) is 37.3 Å². The fourth-order valence-corrected chi connectivity index (χ4v) is 7.06. The molecule has 0 radical (unpaired) electrons. The highest BCUT2D eigenvalue weighted by molar-refractivity contribution is 7.89. The monoisotopic (exact) mass is 655 g/mol. The average Bonchev–Trinajstić information content (AvgIpc) is 3.05. The Kier molecular flexibility index (Phi) is 10.1. The van der Waals surface area contributed by atoms with Crippen LogP contribution in [0, 0.1) is 5.82 Å². The van der Waals surface area contributed by atoms with Gasteiger partial charge in [-0.2, -0.15) is 4.31 Å². The van der Waals surface area contributed by atoms with Crippen LogP contribution in [0.15, 0.2) is 65.6 Å². The maximum atomic E-state index is 14.6. The number of nitrogens with zero attached hydrogens (tertiary/aromatic N) is 1. The van der Waals surface area contributed by atoms with E-state index in [4.69, 9.17) is 18.9 Å². The Morgan fingerprint density at radius 2 is 1.80 bits per heavy atom. The Morgan fingerprint density at radius 3 is 2.59 bits per heavy atom. The Balaban J connectivity index is 1.46. The van der Waals surface area contributed by atoms with Crippen LogP contribution < -0.4 is 24.8 Å². The summed E-state index contributed by atoms with van der Waals surface area (Å²) < 4.78 is 65.5. The van der Waals surface area contributed by atoms with E-state index < -0.39 is 46.5 Å². The molecule has 0 aromatic heterocycles. The number of halogens is 1. The van der Waals surface area contributed by atoms with Crippen molar-refractivity contribution < 1.29 is 46.1 Å². The summed E-state index contributed by atoms with van der Waals surface area (Å²) in [5.41, 5.74) is 1.11. The number of amides is 2. The van der Waals surface area contributed by atoms with Gasteiger partial charge in [-0.05, 0) is 53.9 Å². The quantitative estimate of drug-likeness (QED) is 0.405. The summed E-state index contributed by atoms with van der Waals surface area (Å²) in [6.07, 6.45) is -0.113. The minimum atomic E-state index is -4.23. The molecule has 1 saturated heterocycles. The van der Waals surface area contributed by atoms with Gasteiger partial charge in [-0.15, -0.1) is 0 Å². The van der Waals surface area contributed by atoms with E-state index in [0.717, 1.165) is 17.0 Å². The van der Waals surface area contributed by atoms with Crippen LogP contribution in [0.3, 0.4) is 0 Å². The van der Waals surface area contributed by atoms with E-state index in [1.807, 2.05) is 0 Å². The maximum absolute atomic E-state index is 14.6. The van der Waals surface area contributed by atoms with E-state index in [2.05, 4.69) is 10.6 Å². The lowest BCUT2D eigenvalue weighted by atomic mass is 10.0. The number of methoxy groups -OCH3 is 2. The predicted molar refractivity (Wildman–Crippen MR) is 163 cm³/mol. The van der Waals surface area contributed by atoms with Crippen molar-refractivity contribution in [1.82, 2.24) is 14.9 Å². The standard InChI is InChI=1S/C32H34FN3O9S/c1-42-27-9-7-20-8-10-30(37)34-17-21-13-22(33)16-23(14-21)45-26-11-12-36(18-25(26)35-31(38)19-44-28(27)15-20)46(40,41)29-6-4-3-5-24(29)32(39)43-2/h3-7,9,13-16,25-26H,8,10-12,17-19H2,1-2H3,(H,34,37)(H,35,38)/t25-,26-/m1/s1. The molecule has 0 aliphatic carbocycles. The van der Waals surface area contributed by atoms with Crippen LogP contribution in [0.1, 0.15) is 34.3 Å². The first-order valence-electron chi connectivity index (χ1n) is 14.6. The second-order valence-electron chi connectivity index (χ2n) is 10.8. The number of rotatable bonds is 4. The molecule has 2 aliphatic rings. The molecule has 2 amide bonds. The molecular formula is C32H34FN3O9S. The zero-order valence-electron chi connectivity index (χ0n) is 25.3. The molecule has 2 atom stereocenters. The van der Waals surface area contributed by atoms with Gasteiger partial charge in [0.15, 0.2) is 18.1 Å². The Morgan fingerprint density at radius 1 is 1.00 bits per heavy atom. The minimum Gasteiger partial charge on any atom is -0.493 e. The van der Waals surface area contributed by atoms with Crippen LogP contribution in [-0.4, -0.2) is 76.6 Å². The largest absolute Gasteiger partial charge is 0.493 e. The summed E-state index contributed by atoms with van der Waals surface area (Å²) in [7, 11) is -1.61. The minimum absolute atomic E-state index is 0.0202. The smallest absolute Gasteiger partial charge is 0.339 e. The molecule has 244 valence electrons. The van der Waals surface area contributed by atoms with Gasteiger partial charge in [0.2, 0.25) is 15.9 Å². The third kappa shape index (κ3) is 7.57. The van der Waals surface area contributed by atoms with Gasteiger partial charge in [-0.1, -0.05) is 18.2 Å². The first kappa shape index (κ1) is 32.7. The zero-order valence-corrected chi connectivity index (χ0v) is 26.1. The molecule has 0 saturated carbocycles. The molecule has 2 N–H and O–H groups in total. The third-order valence-electron chi connectivity index (χ3n) is 7.70. The lowest BCUT2D eigenvalue weighted by Gasteiger charge is -2.38. The second-order valence-corrected chi connectivity index (χ2v) is 12.7. The summed E-state index contributed by atoms with van der Waals surface area (Å²) in [4.78, 5) is 37.9. The number of carbonyl (C=O) groups excluding carboxylic acids is 3. The number of fused-ring (bicyclic) bond motifs is 5. The maximum Gasteiger partial charge on any atom is 0.339 e. The van der Waals surface area contributed by atoms with Gasteiger partial charge in [0.05, 0.1) is 30.7 Å². The van der Waals surface area contributed by atoms with Gasteiger partial charge >= 0.3 is 5.97 Å². The highest BCUT2D eigenvalue weighted by Gasteiger charge is 2.39. The van der Waals surface area contributed by atoms with Gasteiger partial charge in [-0.3, -0.25) is 9.59 Å². The van der Waals surface area contributed by atoms with Gasteiger partial charge in [-0.25, -0.2) is 17.6 Å². The number of ether oxygens (including phenoxy) is 4. The van der Waals surface area contributed by atoms with Crippen molar-refractivity contribution in [3.05, 3.63) is 83.2 Å². The highest BCUT2D eigenvalue weighted by Crippen LogP contribution is 2.30. The van der Waals surface area contributed by atoms with Crippen LogP contribution >= 0.6 is 0 Å². The number of benzene rings is 3. The molecule has 2 aliphatic heterocycles. The van der Waals surface area contributed by atoms with Crippen molar-refractivity contribution in [2.75, 3.05) is 33.9 Å². The number of nitrogens with one attached hydrogen (secondary N) is 2. The van der Waals surface area contributed by atoms with Crippen molar-refractivity contribution in [3.8, 4) is 17.2 Å². The Bertz CT molecular complexity index is 1730. The van der Waals surface area contributed by atoms with E-state index in [9.17, 15) is 27.2 Å². The predicted octanol–water partition coefficient (Wildman–Crippen LogP) is 2.59. The van der Waals surface area contributed by atoms with Crippen molar-refractivity contribution in [2.24, 2.45) is 0 Å². The van der Waals surface area contributed by atoms with Crippen LogP contribution in [0.25, 0.3) is 0 Å². The van der Waals surface area contributed by atoms with Crippen molar-refractivity contribution >= 4 is 27.8 Å². The first-order chi connectivity index (χ1) is 22.1. The summed E-state index contributed by atoms with van der Waals surface area (Å²) in [6.45, 7) is -0.620. The molecule has 4 bridgehead atoms. The first-order valence-corrected chi connectivity index (χ1v) is 16.0. The number of esters is 1. The van der Waals surface area contributed by atoms with E-state index >= 15 is 0 Å². The average molecular weight is 656 g/mol. The number of carbonyl (C=O) groups is 3. The number of hydrogen-bond donors (Lipinski definition) is 2. The van der Waals surface area contributed by atoms with Gasteiger partial charge < -0.3 is 29.6 Å². The zero-order chi connectivity index (χ0) is 32.8. The number of piperidine rings is 1. The fourth-order valence-electron chi connectivity index (χ4n) is 5.40. The summed E-state index contributed by atoms with van der Waals surface area (Å²) in [5.74, 6) is -1.38. The van der Waals surface area contributed by atoms with Crippen molar-refractivity contribution in [1.29, 1.82) is 0 Å². The molecule has 12 nitrogen and oxygen atoms in total. The van der Waals surface area contributed by atoms with E-state index in [1.54, 1.807) is 24.3 Å². The molecule has 1 fully saturated rings. The molecule has 3 aromatic rings. The number of aryl methyl sites for hydroxylation is 1. The number of hydrogen-bond acceptors (Lipinski definition) is 9. The second kappa shape index (κ2) is 14.2. The Hall–Kier alpha value is -4.69. The molecule has 2 heterocycles. The summed E-state index contributed by atoms with van der Waals surface area (Å²) in [6, 6.07) is 14.0. The molecule has 0 unspecified atom stereocenters. The molecule has 0 spiro atoms. The Labute approximate surface area is 265 Å². The fraction of sp³-hybridized carbons (Fsp3) is 0.344. The van der Waals surface area contributed by atoms with E-state index in [1.165, 1.54) is 43.5 Å². The van der Waals surface area contributed by atoms with Crippen LogP contribution in [0.2, 0.25) is 0 Å². The van der Waals surface area contributed by atoms with Gasteiger partial charge in [0.1, 0.15) is 17.7 Å². The summed E-state index contributed by atoms with van der Waals surface area (Å²) in [5, 5.41) is 5.61. The number of sulfonamides is 1. The normalized spacial score (nSPS) is 19.5. The topological polar surface area (TPSA) is 150 Å². The lowest BCUT2D eigenvalue weighted by Crippen LogP contribution is -2.58. The summed E-state index contributed by atoms with van der Waals surface area (Å²) >= 11 is 0. The molecule has 3 aromatic carbocycles. The van der Waals surface area contributed by atoms with E-state index in [0.29, 0.717) is 23.5 Å². The van der Waals surface area contributed by atoms with E-state index in [-0.39, 0.29) is 54.6 Å². The molecular weight excluding hydrogens is 621 g/mol. The molecule has 5 rings (SSSR count). The van der Waals surface area contributed by atoms with Crippen molar-refractivity contribution in [3.63, 3.8) is 0 Å². The lowest BCUT2D eigenvalue weighted by molar-refractivity contribution is -0.125. The highest BCUT2D eigenvalue weighted by atomic mass is 32.2. The third-order valence-corrected chi connectivity index (χ3v) is 9.63. The van der Waals surface area contributed by atoms with Gasteiger partial charge in [0.25, 0.3) is 5.91 Å². The SMILES string of the molecule is COC(=O)c1ccccc1S(=O)(=O)N1CC[C@H]2Oc3cc(F)cc(c3)CNC(=O)CCc3ccc(OC)c(c3)OCC(=O)N[C@@H]2C1.